The molecule has 2 aromatic rings. The first-order valence-electron chi connectivity index (χ1n) is 5.40. The van der Waals surface area contributed by atoms with Crippen molar-refractivity contribution in [3.63, 3.8) is 0 Å². The van der Waals surface area contributed by atoms with Gasteiger partial charge in [-0.05, 0) is 25.5 Å². The second-order valence-electron chi connectivity index (χ2n) is 3.86. The Balaban J connectivity index is 2.65. The number of nitrogens with zero attached hydrogens (tertiary/aromatic N) is 2. The first-order valence-corrected chi connectivity index (χ1v) is 5.40. The lowest BCUT2D eigenvalue weighted by Gasteiger charge is -2.11. The summed E-state index contributed by atoms with van der Waals surface area (Å²) in [5.74, 6) is 0.546. The van der Waals surface area contributed by atoms with Gasteiger partial charge in [-0.15, -0.1) is 0 Å². The molecule has 0 unspecified atom stereocenters. The normalized spacial score (nSPS) is 10.4. The number of halogens is 1. The molecule has 0 aliphatic carbocycles. The maximum absolute atomic E-state index is 13.5. The van der Waals surface area contributed by atoms with E-state index in [1.54, 1.807) is 20.0 Å². The van der Waals surface area contributed by atoms with Crippen LogP contribution in [0.2, 0.25) is 0 Å². The molecule has 0 bridgehead atoms. The average Bonchev–Trinajstić information content (AvgIpc) is 2.33. The van der Waals surface area contributed by atoms with E-state index >= 15 is 0 Å². The average molecular weight is 231 g/mol. The van der Waals surface area contributed by atoms with Crippen molar-refractivity contribution in [2.45, 2.75) is 13.8 Å². The number of hydrogen-bond donors (Lipinski definition) is 1. The molecule has 0 spiro atoms. The number of anilines is 1. The summed E-state index contributed by atoms with van der Waals surface area (Å²) >= 11 is 0. The molecule has 0 aliphatic heterocycles. The fourth-order valence-corrected chi connectivity index (χ4v) is 1.84. The largest absolute Gasteiger partial charge is 0.373 e. The van der Waals surface area contributed by atoms with Crippen LogP contribution in [0.4, 0.5) is 10.2 Å². The monoisotopic (exact) mass is 231 g/mol. The molecule has 0 saturated heterocycles. The lowest BCUT2D eigenvalue weighted by Crippen LogP contribution is -2.00. The summed E-state index contributed by atoms with van der Waals surface area (Å²) in [4.78, 5) is 8.36. The van der Waals surface area contributed by atoms with Gasteiger partial charge in [0.1, 0.15) is 18.0 Å². The van der Waals surface area contributed by atoms with Crippen LogP contribution >= 0.6 is 0 Å². The summed E-state index contributed by atoms with van der Waals surface area (Å²) in [6.45, 7) is 3.68. The minimum absolute atomic E-state index is 0.216. The Labute approximate surface area is 99.7 Å². The first kappa shape index (κ1) is 11.5. The van der Waals surface area contributed by atoms with E-state index < -0.39 is 0 Å². The van der Waals surface area contributed by atoms with E-state index in [-0.39, 0.29) is 5.82 Å². The molecular weight excluding hydrogens is 217 g/mol. The molecule has 1 aromatic heterocycles. The van der Waals surface area contributed by atoms with E-state index in [9.17, 15) is 4.39 Å². The lowest BCUT2D eigenvalue weighted by molar-refractivity contribution is 0.619. The minimum atomic E-state index is -0.216. The molecule has 88 valence electrons. The molecule has 17 heavy (non-hydrogen) atoms. The van der Waals surface area contributed by atoms with Gasteiger partial charge in [-0.1, -0.05) is 12.1 Å². The fraction of sp³-hybridized carbons (Fsp3) is 0.231. The maximum Gasteiger partial charge on any atom is 0.132 e. The van der Waals surface area contributed by atoms with Crippen molar-refractivity contribution in [3.8, 4) is 11.3 Å². The molecular formula is C13H14FN3. The molecule has 1 aromatic carbocycles. The van der Waals surface area contributed by atoms with Gasteiger partial charge in [-0.25, -0.2) is 14.4 Å². The quantitative estimate of drug-likeness (QED) is 0.863. The van der Waals surface area contributed by atoms with Crippen molar-refractivity contribution >= 4 is 5.82 Å². The summed E-state index contributed by atoms with van der Waals surface area (Å²) in [6, 6.07) is 5.01. The molecule has 1 heterocycles. The summed E-state index contributed by atoms with van der Waals surface area (Å²) in [7, 11) is 1.80. The second-order valence-corrected chi connectivity index (χ2v) is 3.86. The third-order valence-corrected chi connectivity index (χ3v) is 2.84. The van der Waals surface area contributed by atoms with Gasteiger partial charge < -0.3 is 5.32 Å². The molecule has 0 atom stereocenters. The molecule has 0 amide bonds. The molecule has 2 rings (SSSR count). The number of aromatic nitrogens is 2. The molecule has 0 saturated carbocycles. The van der Waals surface area contributed by atoms with Crippen molar-refractivity contribution in [3.05, 3.63) is 41.5 Å². The van der Waals surface area contributed by atoms with Crippen molar-refractivity contribution < 1.29 is 4.39 Å². The Kier molecular flexibility index (Phi) is 3.04. The fourth-order valence-electron chi connectivity index (χ4n) is 1.84. The molecule has 3 nitrogen and oxygen atoms in total. The van der Waals surface area contributed by atoms with Crippen LogP contribution in [0.25, 0.3) is 11.3 Å². The van der Waals surface area contributed by atoms with Crippen LogP contribution in [0.15, 0.2) is 24.5 Å². The van der Waals surface area contributed by atoms with Crippen LogP contribution in [0.5, 0.6) is 0 Å². The van der Waals surface area contributed by atoms with Crippen LogP contribution in [-0.4, -0.2) is 17.0 Å². The highest BCUT2D eigenvalue weighted by Gasteiger charge is 2.12. The van der Waals surface area contributed by atoms with Crippen molar-refractivity contribution in [2.24, 2.45) is 0 Å². The van der Waals surface area contributed by atoms with E-state index in [1.165, 1.54) is 12.4 Å². The van der Waals surface area contributed by atoms with Crippen LogP contribution in [0.1, 0.15) is 11.1 Å². The van der Waals surface area contributed by atoms with Gasteiger partial charge in [-0.2, -0.15) is 0 Å². The van der Waals surface area contributed by atoms with E-state index in [4.69, 9.17) is 0 Å². The summed E-state index contributed by atoms with van der Waals surface area (Å²) in [6.07, 6.45) is 1.48. The van der Waals surface area contributed by atoms with E-state index in [2.05, 4.69) is 15.3 Å². The van der Waals surface area contributed by atoms with Crippen LogP contribution in [0.3, 0.4) is 0 Å². The highest BCUT2D eigenvalue weighted by atomic mass is 19.1. The Bertz CT molecular complexity index is 552. The standard InChI is InChI=1S/C13H14FN3/c1-8-10(5-4-6-11(8)14)12-9(2)13(15-3)17-7-16-12/h4-7H,1-3H3,(H,15,16,17). The number of nitrogens with one attached hydrogen (secondary N) is 1. The zero-order chi connectivity index (χ0) is 12.4. The van der Waals surface area contributed by atoms with E-state index in [1.807, 2.05) is 13.0 Å². The Morgan fingerprint density at radius 3 is 2.59 bits per heavy atom. The minimum Gasteiger partial charge on any atom is -0.373 e. The Hall–Kier alpha value is -1.97. The van der Waals surface area contributed by atoms with Gasteiger partial charge >= 0.3 is 0 Å². The Morgan fingerprint density at radius 1 is 1.12 bits per heavy atom. The summed E-state index contributed by atoms with van der Waals surface area (Å²) in [5, 5.41) is 2.99. The topological polar surface area (TPSA) is 37.8 Å². The van der Waals surface area contributed by atoms with Gasteiger partial charge in [0.2, 0.25) is 0 Å². The molecule has 4 heteroatoms. The molecule has 1 N–H and O–H groups in total. The number of rotatable bonds is 2. The maximum atomic E-state index is 13.5. The third kappa shape index (κ3) is 1.98. The predicted octanol–water partition coefficient (Wildman–Crippen LogP) is 2.94. The molecule has 0 radical (unpaired) electrons. The zero-order valence-electron chi connectivity index (χ0n) is 10.1. The van der Waals surface area contributed by atoms with E-state index in [0.29, 0.717) is 5.56 Å². The van der Waals surface area contributed by atoms with Gasteiger partial charge in [0.15, 0.2) is 0 Å². The van der Waals surface area contributed by atoms with Crippen LogP contribution in [0, 0.1) is 19.7 Å². The summed E-state index contributed by atoms with van der Waals surface area (Å²) < 4.78 is 13.5. The van der Waals surface area contributed by atoms with E-state index in [0.717, 1.165) is 22.6 Å². The summed E-state index contributed by atoms with van der Waals surface area (Å²) in [5.41, 5.74) is 3.10. The van der Waals surface area contributed by atoms with Gasteiger partial charge in [0.25, 0.3) is 0 Å². The Morgan fingerprint density at radius 2 is 1.88 bits per heavy atom. The highest BCUT2D eigenvalue weighted by Crippen LogP contribution is 2.28. The smallest absolute Gasteiger partial charge is 0.132 e. The first-order chi connectivity index (χ1) is 8.15. The van der Waals surface area contributed by atoms with Crippen LogP contribution < -0.4 is 5.32 Å². The molecule has 0 aliphatic rings. The third-order valence-electron chi connectivity index (χ3n) is 2.84. The van der Waals surface area contributed by atoms with Crippen molar-refractivity contribution in [1.82, 2.24) is 9.97 Å². The van der Waals surface area contributed by atoms with Crippen molar-refractivity contribution in [2.75, 3.05) is 12.4 Å². The molecule has 0 fully saturated rings. The number of hydrogen-bond acceptors (Lipinski definition) is 3. The van der Waals surface area contributed by atoms with Crippen LogP contribution in [-0.2, 0) is 0 Å². The predicted molar refractivity (Wildman–Crippen MR) is 66.4 cm³/mol. The number of benzene rings is 1. The van der Waals surface area contributed by atoms with Gasteiger partial charge in [0.05, 0.1) is 5.69 Å². The van der Waals surface area contributed by atoms with Crippen molar-refractivity contribution in [1.29, 1.82) is 0 Å². The zero-order valence-corrected chi connectivity index (χ0v) is 10.1. The SMILES string of the molecule is CNc1ncnc(-c2cccc(F)c2C)c1C. The van der Waals surface area contributed by atoms with Gasteiger partial charge in [0, 0.05) is 18.2 Å². The van der Waals surface area contributed by atoms with Gasteiger partial charge in [-0.3, -0.25) is 0 Å². The highest BCUT2D eigenvalue weighted by molar-refractivity contribution is 5.70. The lowest BCUT2D eigenvalue weighted by atomic mass is 10.0. The second kappa shape index (κ2) is 4.49.